The summed E-state index contributed by atoms with van der Waals surface area (Å²) in [6.07, 6.45) is 6.63. The highest BCUT2D eigenvalue weighted by Crippen LogP contribution is 2.12. The highest BCUT2D eigenvalue weighted by Gasteiger charge is 2.25. The van der Waals surface area contributed by atoms with E-state index in [9.17, 15) is 0 Å². The molecule has 0 bridgehead atoms. The molecule has 0 aromatic rings. The Balaban J connectivity index is 4.36. The van der Waals surface area contributed by atoms with Crippen LogP contribution in [-0.4, -0.2) is 56.6 Å². The van der Waals surface area contributed by atoms with E-state index in [4.69, 9.17) is 5.73 Å². The van der Waals surface area contributed by atoms with Crippen LogP contribution in [0.1, 0.15) is 46.5 Å². The summed E-state index contributed by atoms with van der Waals surface area (Å²) in [7, 11) is 2.18. The molecule has 0 fully saturated rings. The molecule has 5 N–H and O–H groups in total. The second kappa shape index (κ2) is 11.2. The molecule has 0 aromatic heterocycles. The van der Waals surface area contributed by atoms with Gasteiger partial charge in [0.1, 0.15) is 13.1 Å². The Kier molecular flexibility index (Phi) is 10.9. The van der Waals surface area contributed by atoms with Gasteiger partial charge in [0.05, 0.1) is 32.7 Å². The highest BCUT2D eigenvalue weighted by atomic mass is 15.4. The predicted octanol–water partition coefficient (Wildman–Crippen LogP) is -0.947. The van der Waals surface area contributed by atoms with Crippen molar-refractivity contribution in [2.45, 2.75) is 52.5 Å². The molecule has 0 aliphatic carbocycles. The van der Waals surface area contributed by atoms with Gasteiger partial charge in [0.2, 0.25) is 6.34 Å². The molecule has 19 heavy (non-hydrogen) atoms. The fourth-order valence-corrected chi connectivity index (χ4v) is 3.00. The van der Waals surface area contributed by atoms with Gasteiger partial charge >= 0.3 is 0 Å². The third kappa shape index (κ3) is 8.22. The smallest absolute Gasteiger partial charge is 0.227 e. The topological polar surface area (TPSA) is 56.6 Å². The lowest BCUT2D eigenvalue weighted by molar-refractivity contribution is -0.937. The lowest BCUT2D eigenvalue weighted by atomic mass is 10.1. The van der Waals surface area contributed by atoms with Crippen molar-refractivity contribution >= 4 is 6.34 Å². The molecule has 0 radical (unpaired) electrons. The van der Waals surface area contributed by atoms with Gasteiger partial charge in [-0.2, -0.15) is 0 Å². The first-order chi connectivity index (χ1) is 9.14. The summed E-state index contributed by atoms with van der Waals surface area (Å²) in [6, 6.07) is 0.493. The summed E-state index contributed by atoms with van der Waals surface area (Å²) in [5.41, 5.74) is 5.40. The van der Waals surface area contributed by atoms with Crippen molar-refractivity contribution in [2.24, 2.45) is 5.73 Å². The number of nitrogens with two attached hydrogens (primary N) is 2. The van der Waals surface area contributed by atoms with Gasteiger partial charge in [0.25, 0.3) is 0 Å². The highest BCUT2D eigenvalue weighted by molar-refractivity contribution is 5.43. The Morgan fingerprint density at radius 1 is 1.16 bits per heavy atom. The van der Waals surface area contributed by atoms with E-state index in [1.165, 1.54) is 62.9 Å². The monoisotopic (exact) mass is 273 g/mol. The minimum atomic E-state index is 0.493. The minimum Gasteiger partial charge on any atom is -0.344 e. The Morgan fingerprint density at radius 2 is 1.79 bits per heavy atom. The van der Waals surface area contributed by atoms with Crippen LogP contribution in [0.25, 0.3) is 0 Å². The molecule has 114 valence electrons. The fraction of sp³-hybridized carbons (Fsp3) is 0.933. The average molecular weight is 273 g/mol. The maximum atomic E-state index is 5.40. The lowest BCUT2D eigenvalue weighted by Gasteiger charge is -2.38. The SMILES string of the molecule is CCC[N+](CCC)(CCCC(C)[NH+]=CN)CC[NH2+]C. The zero-order valence-electron chi connectivity index (χ0n) is 13.6. The van der Waals surface area contributed by atoms with Crippen LogP contribution in [0.4, 0.5) is 0 Å². The Hall–Kier alpha value is -0.610. The summed E-state index contributed by atoms with van der Waals surface area (Å²) < 4.78 is 1.30. The first-order valence-electron chi connectivity index (χ1n) is 8.06. The van der Waals surface area contributed by atoms with Crippen LogP contribution < -0.4 is 16.0 Å². The zero-order valence-corrected chi connectivity index (χ0v) is 13.6. The standard InChI is InChI=1S/C15H35N4/c1-5-10-19(11-6-2,13-9-17-4)12-7-8-15(3)18-14-16/h14-15,17H,5-13H2,1-4H3,(H2,16,18)/q+1/p+2. The number of likely N-dealkylation sites (N-methyl/N-ethyl adjacent to an activating group) is 1. The zero-order chi connectivity index (χ0) is 14.6. The van der Waals surface area contributed by atoms with Crippen molar-refractivity contribution in [3.05, 3.63) is 0 Å². The van der Waals surface area contributed by atoms with Crippen LogP contribution in [0.2, 0.25) is 0 Å². The molecule has 0 spiro atoms. The van der Waals surface area contributed by atoms with Crippen molar-refractivity contribution in [2.75, 3.05) is 39.8 Å². The van der Waals surface area contributed by atoms with E-state index in [2.05, 4.69) is 38.1 Å². The summed E-state index contributed by atoms with van der Waals surface area (Å²) in [6.45, 7) is 13.3. The molecule has 1 atom stereocenters. The van der Waals surface area contributed by atoms with Gasteiger partial charge in [0, 0.05) is 6.42 Å². The van der Waals surface area contributed by atoms with Crippen LogP contribution in [0.3, 0.4) is 0 Å². The molecule has 0 saturated carbocycles. The van der Waals surface area contributed by atoms with E-state index >= 15 is 0 Å². The van der Waals surface area contributed by atoms with Crippen LogP contribution in [0.5, 0.6) is 0 Å². The van der Waals surface area contributed by atoms with Gasteiger partial charge < -0.3 is 9.80 Å². The first kappa shape index (κ1) is 18.4. The predicted molar refractivity (Wildman–Crippen MR) is 82.9 cm³/mol. The third-order valence-electron chi connectivity index (χ3n) is 3.94. The number of quaternary nitrogens is 2. The third-order valence-corrected chi connectivity index (χ3v) is 3.94. The summed E-state index contributed by atoms with van der Waals surface area (Å²) >= 11 is 0. The van der Waals surface area contributed by atoms with Gasteiger partial charge in [0.15, 0.2) is 0 Å². The van der Waals surface area contributed by atoms with E-state index in [0.717, 1.165) is 0 Å². The summed E-state index contributed by atoms with van der Waals surface area (Å²) in [5, 5.41) is 2.31. The number of rotatable bonds is 12. The van der Waals surface area contributed by atoms with E-state index in [0.29, 0.717) is 6.04 Å². The van der Waals surface area contributed by atoms with Crippen LogP contribution in [-0.2, 0) is 0 Å². The van der Waals surface area contributed by atoms with Crippen LogP contribution in [0, 0.1) is 0 Å². The summed E-state index contributed by atoms with van der Waals surface area (Å²) in [5.74, 6) is 0. The van der Waals surface area contributed by atoms with Crippen LogP contribution >= 0.6 is 0 Å². The minimum absolute atomic E-state index is 0.493. The Bertz CT molecular complexity index is 222. The molecule has 0 rings (SSSR count). The quantitative estimate of drug-likeness (QED) is 0.240. The molecule has 0 aliphatic rings. The largest absolute Gasteiger partial charge is 0.344 e. The van der Waals surface area contributed by atoms with E-state index in [1.54, 1.807) is 6.34 Å². The van der Waals surface area contributed by atoms with E-state index in [-0.39, 0.29) is 0 Å². The maximum absolute atomic E-state index is 5.40. The molecule has 0 aromatic carbocycles. The maximum Gasteiger partial charge on any atom is 0.227 e. The van der Waals surface area contributed by atoms with Gasteiger partial charge in [-0.3, -0.25) is 10.7 Å². The second-order valence-electron chi connectivity index (χ2n) is 5.81. The molecule has 0 saturated heterocycles. The molecule has 0 amide bonds. The molecule has 0 heterocycles. The lowest BCUT2D eigenvalue weighted by Crippen LogP contribution is -2.82. The van der Waals surface area contributed by atoms with Crippen molar-refractivity contribution in [3.63, 3.8) is 0 Å². The second-order valence-corrected chi connectivity index (χ2v) is 5.81. The van der Waals surface area contributed by atoms with Crippen molar-refractivity contribution in [3.8, 4) is 0 Å². The van der Waals surface area contributed by atoms with Crippen molar-refractivity contribution in [1.82, 2.24) is 0 Å². The van der Waals surface area contributed by atoms with Gasteiger partial charge in [-0.25, -0.2) is 0 Å². The number of hydrogen-bond acceptors (Lipinski definition) is 0. The number of nitrogens with one attached hydrogen (secondary N) is 1. The Labute approximate surface area is 120 Å². The molecule has 1 unspecified atom stereocenters. The molecule has 4 nitrogen and oxygen atoms in total. The van der Waals surface area contributed by atoms with Crippen LogP contribution in [0.15, 0.2) is 0 Å². The fourth-order valence-electron chi connectivity index (χ4n) is 3.00. The Morgan fingerprint density at radius 3 is 2.26 bits per heavy atom. The van der Waals surface area contributed by atoms with Crippen molar-refractivity contribution in [1.29, 1.82) is 0 Å². The summed E-state index contributed by atoms with van der Waals surface area (Å²) in [4.78, 5) is 3.18. The molecule has 0 aliphatic heterocycles. The van der Waals surface area contributed by atoms with Gasteiger partial charge in [-0.05, 0) is 26.2 Å². The number of hydrogen-bond donors (Lipinski definition) is 3. The van der Waals surface area contributed by atoms with Crippen molar-refractivity contribution < 1.29 is 14.8 Å². The van der Waals surface area contributed by atoms with E-state index < -0.39 is 0 Å². The van der Waals surface area contributed by atoms with Gasteiger partial charge in [-0.15, -0.1) is 0 Å². The van der Waals surface area contributed by atoms with Gasteiger partial charge in [-0.1, -0.05) is 13.8 Å². The van der Waals surface area contributed by atoms with E-state index in [1.807, 2.05) is 0 Å². The number of nitrogens with zero attached hydrogens (tertiary/aromatic N) is 1. The molecular weight excluding hydrogens is 236 g/mol. The first-order valence-corrected chi connectivity index (χ1v) is 8.06. The normalized spacial score (nSPS) is 14.1. The molecule has 4 heteroatoms. The molecular formula is C15H37N4+3. The average Bonchev–Trinajstić information content (AvgIpc) is 2.37.